The van der Waals surface area contributed by atoms with Gasteiger partial charge in [-0.25, -0.2) is 8.42 Å². The average Bonchev–Trinajstić information content (AvgIpc) is 2.79. The minimum absolute atomic E-state index is 0.0454. The number of fused-ring (bicyclic) bond motifs is 1. The molecule has 0 aliphatic carbocycles. The highest BCUT2D eigenvalue weighted by molar-refractivity contribution is 8.01. The second-order valence-corrected chi connectivity index (χ2v) is 11.6. The fourth-order valence-corrected chi connectivity index (χ4v) is 6.06. The number of hydrogen-bond acceptors (Lipinski definition) is 6. The van der Waals surface area contributed by atoms with Crippen molar-refractivity contribution in [2.75, 3.05) is 37.2 Å². The minimum Gasteiger partial charge on any atom is -0.340 e. The molecule has 1 unspecified atom stereocenters. The number of nitrogens with zero attached hydrogens (tertiary/aromatic N) is 2. The van der Waals surface area contributed by atoms with Crippen molar-refractivity contribution in [3.8, 4) is 0 Å². The van der Waals surface area contributed by atoms with Crippen LogP contribution in [0.25, 0.3) is 0 Å². The van der Waals surface area contributed by atoms with Crippen LogP contribution in [-0.4, -0.2) is 67.2 Å². The first kappa shape index (κ1) is 22.8. The van der Waals surface area contributed by atoms with E-state index >= 15 is 0 Å². The van der Waals surface area contributed by atoms with Crippen LogP contribution in [0.4, 0.5) is 5.69 Å². The van der Waals surface area contributed by atoms with Gasteiger partial charge in [-0.15, -0.1) is 11.8 Å². The molecule has 2 aromatic carbocycles. The van der Waals surface area contributed by atoms with E-state index < -0.39 is 9.84 Å². The molecular formula is C23H27N3O4S2. The molecule has 0 spiro atoms. The highest BCUT2D eigenvalue weighted by Gasteiger charge is 2.27. The summed E-state index contributed by atoms with van der Waals surface area (Å²) in [5.41, 5.74) is 1.76. The highest BCUT2D eigenvalue weighted by atomic mass is 32.2. The zero-order valence-corrected chi connectivity index (χ0v) is 19.6. The Labute approximate surface area is 193 Å². The number of piperazine rings is 1. The predicted octanol–water partition coefficient (Wildman–Crippen LogP) is 2.63. The van der Waals surface area contributed by atoms with Gasteiger partial charge in [0, 0.05) is 44.0 Å². The van der Waals surface area contributed by atoms with Gasteiger partial charge in [-0.05, 0) is 30.7 Å². The quantitative estimate of drug-likeness (QED) is 0.694. The number of rotatable bonds is 6. The molecule has 170 valence electrons. The van der Waals surface area contributed by atoms with E-state index in [-0.39, 0.29) is 34.1 Å². The van der Waals surface area contributed by atoms with Crippen LogP contribution in [0.3, 0.4) is 0 Å². The Morgan fingerprint density at radius 3 is 2.53 bits per heavy atom. The van der Waals surface area contributed by atoms with Crippen molar-refractivity contribution in [3.63, 3.8) is 0 Å². The van der Waals surface area contributed by atoms with Crippen molar-refractivity contribution in [3.05, 3.63) is 54.1 Å². The number of amides is 2. The maximum Gasteiger partial charge on any atom is 0.237 e. The largest absolute Gasteiger partial charge is 0.340 e. The molecule has 1 atom stereocenters. The zero-order chi connectivity index (χ0) is 22.7. The second kappa shape index (κ2) is 9.64. The standard InChI is InChI=1S/C23H27N3O4S2/c1-17-23(28)24-20-15-19(7-8-21(20)31-17)32(29,30)14-9-22(27)26-12-10-25(11-13-26)16-18-5-3-2-4-6-18/h2-8,15,17H,9-14,16H2,1H3,(H,24,28). The van der Waals surface area contributed by atoms with E-state index in [1.54, 1.807) is 24.0 Å². The van der Waals surface area contributed by atoms with Crippen molar-refractivity contribution in [2.24, 2.45) is 0 Å². The SMILES string of the molecule is CC1Sc2ccc(S(=O)(=O)CCC(=O)N3CCN(Cc4ccccc4)CC3)cc2NC1=O. The van der Waals surface area contributed by atoms with E-state index in [0.29, 0.717) is 18.8 Å². The highest BCUT2D eigenvalue weighted by Crippen LogP contribution is 2.36. The fraction of sp³-hybridized carbons (Fsp3) is 0.391. The van der Waals surface area contributed by atoms with Crippen LogP contribution in [0.15, 0.2) is 58.3 Å². The summed E-state index contributed by atoms with van der Waals surface area (Å²) in [7, 11) is -3.63. The lowest BCUT2D eigenvalue weighted by atomic mass is 10.2. The van der Waals surface area contributed by atoms with Gasteiger partial charge in [0.05, 0.1) is 21.6 Å². The molecular weight excluding hydrogens is 446 g/mol. The smallest absolute Gasteiger partial charge is 0.237 e. The summed E-state index contributed by atoms with van der Waals surface area (Å²) < 4.78 is 25.6. The van der Waals surface area contributed by atoms with Crippen LogP contribution in [-0.2, 0) is 26.0 Å². The van der Waals surface area contributed by atoms with Crippen LogP contribution in [0.1, 0.15) is 18.9 Å². The summed E-state index contributed by atoms with van der Waals surface area (Å²) in [6.45, 7) is 5.41. The maximum atomic E-state index is 12.8. The van der Waals surface area contributed by atoms with Gasteiger partial charge in [-0.2, -0.15) is 0 Å². The molecule has 2 aliphatic heterocycles. The Bertz CT molecular complexity index is 1100. The summed E-state index contributed by atoms with van der Waals surface area (Å²) in [4.78, 5) is 29.6. The summed E-state index contributed by atoms with van der Waals surface area (Å²) in [5, 5.41) is 2.54. The number of benzene rings is 2. The Hall–Kier alpha value is -2.36. The van der Waals surface area contributed by atoms with E-state index in [2.05, 4.69) is 22.3 Å². The Morgan fingerprint density at radius 1 is 1.09 bits per heavy atom. The number of anilines is 1. The van der Waals surface area contributed by atoms with Crippen LogP contribution in [0, 0.1) is 0 Å². The van der Waals surface area contributed by atoms with Gasteiger partial charge in [-0.1, -0.05) is 30.3 Å². The lowest BCUT2D eigenvalue weighted by molar-refractivity contribution is -0.132. The molecule has 4 rings (SSSR count). The van der Waals surface area contributed by atoms with Crippen molar-refractivity contribution < 1.29 is 18.0 Å². The third-order valence-corrected chi connectivity index (χ3v) is 8.69. The summed E-state index contributed by atoms with van der Waals surface area (Å²) in [5.74, 6) is -0.519. The first-order valence-corrected chi connectivity index (χ1v) is 13.2. The number of nitrogens with one attached hydrogen (secondary N) is 1. The molecule has 1 saturated heterocycles. The molecule has 2 aromatic rings. The van der Waals surface area contributed by atoms with Gasteiger partial charge in [0.15, 0.2) is 9.84 Å². The van der Waals surface area contributed by atoms with E-state index in [4.69, 9.17) is 0 Å². The summed E-state index contributed by atoms with van der Waals surface area (Å²) in [6.07, 6.45) is -0.0454. The molecule has 7 nitrogen and oxygen atoms in total. The molecule has 9 heteroatoms. The van der Waals surface area contributed by atoms with Crippen LogP contribution >= 0.6 is 11.8 Å². The fourth-order valence-electron chi connectivity index (χ4n) is 3.88. The van der Waals surface area contributed by atoms with Gasteiger partial charge in [0.2, 0.25) is 11.8 Å². The van der Waals surface area contributed by atoms with Crippen molar-refractivity contribution in [2.45, 2.75) is 34.9 Å². The number of thioether (sulfide) groups is 1. The third-order valence-electron chi connectivity index (χ3n) is 5.80. The third kappa shape index (κ3) is 5.33. The molecule has 1 N–H and O–H groups in total. The number of sulfone groups is 1. The Morgan fingerprint density at radius 2 is 1.81 bits per heavy atom. The van der Waals surface area contributed by atoms with E-state index in [9.17, 15) is 18.0 Å². The molecule has 32 heavy (non-hydrogen) atoms. The van der Waals surface area contributed by atoms with Crippen LogP contribution in [0.2, 0.25) is 0 Å². The van der Waals surface area contributed by atoms with E-state index in [1.807, 2.05) is 18.2 Å². The van der Waals surface area contributed by atoms with E-state index in [0.717, 1.165) is 24.5 Å². The molecule has 0 radical (unpaired) electrons. The van der Waals surface area contributed by atoms with Crippen molar-refractivity contribution >= 4 is 39.1 Å². The zero-order valence-electron chi connectivity index (χ0n) is 18.0. The van der Waals surface area contributed by atoms with Gasteiger partial charge in [0.1, 0.15) is 0 Å². The molecule has 2 amide bonds. The van der Waals surface area contributed by atoms with E-state index in [1.165, 1.54) is 23.4 Å². The second-order valence-electron chi connectivity index (χ2n) is 8.12. The molecule has 1 fully saturated rings. The van der Waals surface area contributed by atoms with Gasteiger partial charge >= 0.3 is 0 Å². The van der Waals surface area contributed by atoms with Gasteiger partial charge < -0.3 is 10.2 Å². The minimum atomic E-state index is -3.63. The molecule has 0 aromatic heterocycles. The molecule has 2 heterocycles. The Balaban J connectivity index is 1.30. The van der Waals surface area contributed by atoms with Crippen LogP contribution in [0.5, 0.6) is 0 Å². The molecule has 0 saturated carbocycles. The average molecular weight is 474 g/mol. The number of hydrogen-bond donors (Lipinski definition) is 1. The summed E-state index contributed by atoms with van der Waals surface area (Å²) in [6, 6.07) is 15.0. The monoisotopic (exact) mass is 473 g/mol. The summed E-state index contributed by atoms with van der Waals surface area (Å²) >= 11 is 1.41. The predicted molar refractivity (Wildman–Crippen MR) is 125 cm³/mol. The Kier molecular flexibility index (Phi) is 6.88. The lowest BCUT2D eigenvalue weighted by Crippen LogP contribution is -2.48. The topological polar surface area (TPSA) is 86.8 Å². The van der Waals surface area contributed by atoms with Crippen LogP contribution < -0.4 is 5.32 Å². The van der Waals surface area contributed by atoms with Gasteiger partial charge in [-0.3, -0.25) is 14.5 Å². The van der Waals surface area contributed by atoms with Crippen molar-refractivity contribution in [1.82, 2.24) is 9.80 Å². The van der Waals surface area contributed by atoms with Crippen molar-refractivity contribution in [1.29, 1.82) is 0 Å². The first-order chi connectivity index (χ1) is 15.3. The molecule has 0 bridgehead atoms. The number of carbonyl (C=O) groups is 2. The first-order valence-electron chi connectivity index (χ1n) is 10.7. The normalized spacial score (nSPS) is 19.3. The lowest BCUT2D eigenvalue weighted by Gasteiger charge is -2.34. The molecule has 2 aliphatic rings. The maximum absolute atomic E-state index is 12.8. The number of carbonyl (C=O) groups excluding carboxylic acids is 2. The van der Waals surface area contributed by atoms with Gasteiger partial charge in [0.25, 0.3) is 0 Å².